The van der Waals surface area contributed by atoms with Crippen molar-refractivity contribution in [3.8, 4) is 0 Å². The molecule has 1 heteroatoms. The van der Waals surface area contributed by atoms with E-state index in [1.807, 2.05) is 11.8 Å². The van der Waals surface area contributed by atoms with E-state index < -0.39 is 0 Å². The first-order chi connectivity index (χ1) is 10.6. The van der Waals surface area contributed by atoms with E-state index in [0.29, 0.717) is 5.92 Å². The summed E-state index contributed by atoms with van der Waals surface area (Å²) in [6, 6.07) is 10.6. The summed E-state index contributed by atoms with van der Waals surface area (Å²) in [4.78, 5) is 1.34. The van der Waals surface area contributed by atoms with Gasteiger partial charge in [-0.1, -0.05) is 60.6 Å². The molecule has 0 aliphatic heterocycles. The van der Waals surface area contributed by atoms with Gasteiger partial charge in [-0.05, 0) is 58.1 Å². The maximum Gasteiger partial charge on any atom is 0.0163 e. The third kappa shape index (κ3) is 9.68. The summed E-state index contributed by atoms with van der Waals surface area (Å²) in [5.74, 6) is 1.72. The van der Waals surface area contributed by atoms with Gasteiger partial charge in [0.15, 0.2) is 0 Å². The van der Waals surface area contributed by atoms with Gasteiger partial charge in [-0.3, -0.25) is 0 Å². The van der Waals surface area contributed by atoms with E-state index in [-0.39, 0.29) is 0 Å². The fraction of sp³-hybridized carbons (Fsp3) is 0.429. The lowest BCUT2D eigenvalue weighted by atomic mass is 10.0. The van der Waals surface area contributed by atoms with Gasteiger partial charge in [0.05, 0.1) is 0 Å². The number of thioether (sulfide) groups is 1. The molecule has 0 aliphatic carbocycles. The third-order valence-corrected chi connectivity index (χ3v) is 4.44. The largest absolute Gasteiger partial charge is 0.122 e. The fourth-order valence-electron chi connectivity index (χ4n) is 2.10. The van der Waals surface area contributed by atoms with Gasteiger partial charge in [-0.2, -0.15) is 0 Å². The van der Waals surface area contributed by atoms with Crippen LogP contribution in [0.5, 0.6) is 0 Å². The summed E-state index contributed by atoms with van der Waals surface area (Å²) in [5, 5.41) is 0. The number of benzene rings is 1. The lowest BCUT2D eigenvalue weighted by Gasteiger charge is -2.04. The van der Waals surface area contributed by atoms with Crippen molar-refractivity contribution in [3.05, 3.63) is 65.8 Å². The van der Waals surface area contributed by atoms with Crippen LogP contribution in [0.1, 0.15) is 47.0 Å². The minimum absolute atomic E-state index is 0.669. The molecule has 0 aromatic heterocycles. The van der Waals surface area contributed by atoms with Gasteiger partial charge >= 0.3 is 0 Å². The van der Waals surface area contributed by atoms with Crippen LogP contribution < -0.4 is 0 Å². The van der Waals surface area contributed by atoms with Gasteiger partial charge in [0.2, 0.25) is 0 Å². The standard InChI is InChI=1S/C21H30S/c1-18(2)10-8-11-19(3)12-9-13-20(4)16-17-22-21-14-6-5-7-15-21/h5-7,9-10,12,14-16,19H,8,11,13,17H2,1-4H3/b12-9+,20-16+. The Balaban J connectivity index is 2.23. The molecule has 0 saturated carbocycles. The van der Waals surface area contributed by atoms with Crippen molar-refractivity contribution >= 4 is 11.8 Å². The van der Waals surface area contributed by atoms with Crippen molar-refractivity contribution in [3.63, 3.8) is 0 Å². The quantitative estimate of drug-likeness (QED) is 0.347. The average Bonchev–Trinajstić information content (AvgIpc) is 2.48. The van der Waals surface area contributed by atoms with E-state index in [2.05, 4.69) is 82.3 Å². The predicted molar refractivity (Wildman–Crippen MR) is 103 cm³/mol. The molecule has 1 aromatic rings. The molecule has 0 bridgehead atoms. The molecule has 22 heavy (non-hydrogen) atoms. The Labute approximate surface area is 141 Å². The van der Waals surface area contributed by atoms with E-state index in [4.69, 9.17) is 0 Å². The predicted octanol–water partition coefficient (Wildman–Crippen LogP) is 7.05. The molecule has 120 valence electrons. The van der Waals surface area contributed by atoms with E-state index in [9.17, 15) is 0 Å². The SMILES string of the molecule is CC(C)=CCCC(C)/C=C/C/C(C)=C/CSc1ccccc1. The Morgan fingerprint density at radius 1 is 1.09 bits per heavy atom. The molecule has 0 spiro atoms. The Hall–Kier alpha value is -1.21. The summed E-state index contributed by atoms with van der Waals surface area (Å²) in [5.41, 5.74) is 2.88. The highest BCUT2D eigenvalue weighted by Crippen LogP contribution is 2.18. The van der Waals surface area contributed by atoms with Crippen molar-refractivity contribution in [1.82, 2.24) is 0 Å². The Bertz CT molecular complexity index is 490. The first-order valence-corrected chi connectivity index (χ1v) is 9.20. The van der Waals surface area contributed by atoms with Crippen LogP contribution in [0.4, 0.5) is 0 Å². The highest BCUT2D eigenvalue weighted by Gasteiger charge is 1.95. The van der Waals surface area contributed by atoms with Crippen LogP contribution in [0.15, 0.2) is 70.7 Å². The van der Waals surface area contributed by atoms with Crippen LogP contribution in [-0.4, -0.2) is 5.75 Å². The summed E-state index contributed by atoms with van der Waals surface area (Å²) < 4.78 is 0. The molecule has 1 aromatic carbocycles. The topological polar surface area (TPSA) is 0 Å². The number of hydrogen-bond acceptors (Lipinski definition) is 1. The summed E-state index contributed by atoms with van der Waals surface area (Å²) in [7, 11) is 0. The molecular weight excluding hydrogens is 284 g/mol. The van der Waals surface area contributed by atoms with Crippen LogP contribution in [0.25, 0.3) is 0 Å². The van der Waals surface area contributed by atoms with Gasteiger partial charge in [-0.15, -0.1) is 11.8 Å². The maximum absolute atomic E-state index is 2.36. The lowest BCUT2D eigenvalue weighted by Crippen LogP contribution is -1.88. The molecule has 0 aliphatic rings. The van der Waals surface area contributed by atoms with Crippen LogP contribution in [0.2, 0.25) is 0 Å². The van der Waals surface area contributed by atoms with E-state index in [1.54, 1.807) is 0 Å². The second kappa shape index (κ2) is 11.4. The monoisotopic (exact) mass is 314 g/mol. The highest BCUT2D eigenvalue weighted by molar-refractivity contribution is 7.99. The fourth-order valence-corrected chi connectivity index (χ4v) is 3.01. The summed E-state index contributed by atoms with van der Waals surface area (Å²) in [6.07, 6.45) is 12.9. The Kier molecular flexibility index (Phi) is 9.74. The zero-order valence-electron chi connectivity index (χ0n) is 14.5. The second-order valence-corrected chi connectivity index (χ2v) is 7.24. The van der Waals surface area contributed by atoms with Crippen molar-refractivity contribution in [2.24, 2.45) is 5.92 Å². The van der Waals surface area contributed by atoms with Gasteiger partial charge in [0.1, 0.15) is 0 Å². The van der Waals surface area contributed by atoms with Crippen molar-refractivity contribution in [1.29, 1.82) is 0 Å². The van der Waals surface area contributed by atoms with Crippen molar-refractivity contribution in [2.45, 2.75) is 51.9 Å². The normalized spacial score (nSPS) is 13.4. The van der Waals surface area contributed by atoms with Crippen LogP contribution >= 0.6 is 11.8 Å². The number of hydrogen-bond donors (Lipinski definition) is 0. The molecule has 1 rings (SSSR count). The van der Waals surface area contributed by atoms with E-state index in [1.165, 1.54) is 28.9 Å². The summed E-state index contributed by atoms with van der Waals surface area (Å²) in [6.45, 7) is 8.87. The zero-order chi connectivity index (χ0) is 16.2. The van der Waals surface area contributed by atoms with Crippen LogP contribution in [0, 0.1) is 5.92 Å². The van der Waals surface area contributed by atoms with Crippen LogP contribution in [-0.2, 0) is 0 Å². The Morgan fingerprint density at radius 2 is 1.82 bits per heavy atom. The van der Waals surface area contributed by atoms with Crippen molar-refractivity contribution in [2.75, 3.05) is 5.75 Å². The van der Waals surface area contributed by atoms with Gasteiger partial charge < -0.3 is 0 Å². The highest BCUT2D eigenvalue weighted by atomic mass is 32.2. The molecule has 0 radical (unpaired) electrons. The molecule has 0 heterocycles. The van der Waals surface area contributed by atoms with Crippen LogP contribution in [0.3, 0.4) is 0 Å². The first kappa shape index (κ1) is 18.8. The minimum atomic E-state index is 0.669. The van der Waals surface area contributed by atoms with Gasteiger partial charge in [0.25, 0.3) is 0 Å². The molecule has 0 N–H and O–H groups in total. The van der Waals surface area contributed by atoms with E-state index >= 15 is 0 Å². The van der Waals surface area contributed by atoms with E-state index in [0.717, 1.165) is 12.2 Å². The molecule has 0 fully saturated rings. The van der Waals surface area contributed by atoms with Gasteiger partial charge in [-0.25, -0.2) is 0 Å². The molecule has 0 saturated heterocycles. The third-order valence-electron chi connectivity index (χ3n) is 3.50. The molecule has 0 amide bonds. The second-order valence-electron chi connectivity index (χ2n) is 6.14. The van der Waals surface area contributed by atoms with Gasteiger partial charge in [0, 0.05) is 10.6 Å². The summed E-state index contributed by atoms with van der Waals surface area (Å²) >= 11 is 1.90. The smallest absolute Gasteiger partial charge is 0.0163 e. The Morgan fingerprint density at radius 3 is 2.50 bits per heavy atom. The molecule has 1 unspecified atom stereocenters. The van der Waals surface area contributed by atoms with Crippen molar-refractivity contribution < 1.29 is 0 Å². The number of allylic oxidation sites excluding steroid dienone is 5. The average molecular weight is 315 g/mol. The number of rotatable bonds is 9. The molecular formula is C21H30S. The zero-order valence-corrected chi connectivity index (χ0v) is 15.3. The minimum Gasteiger partial charge on any atom is -0.122 e. The maximum atomic E-state index is 2.36. The molecule has 0 nitrogen and oxygen atoms in total. The lowest BCUT2D eigenvalue weighted by molar-refractivity contribution is 0.654. The first-order valence-electron chi connectivity index (χ1n) is 8.21. The molecule has 1 atom stereocenters.